The van der Waals surface area contributed by atoms with Crippen LogP contribution in [-0.4, -0.2) is 71.1 Å². The van der Waals surface area contributed by atoms with Gasteiger partial charge in [-0.05, 0) is 15.4 Å². The summed E-state index contributed by atoms with van der Waals surface area (Å²) >= 11 is 0. The fourth-order valence-electron chi connectivity index (χ4n) is 5.66. The molecule has 2 aromatic carbocycles. The van der Waals surface area contributed by atoms with Crippen LogP contribution in [0.4, 0.5) is 10.7 Å². The van der Waals surface area contributed by atoms with Gasteiger partial charge in [-0.2, -0.15) is 9.97 Å². The van der Waals surface area contributed by atoms with E-state index >= 15 is 0 Å². The zero-order chi connectivity index (χ0) is 32.0. The van der Waals surface area contributed by atoms with Gasteiger partial charge in [0.15, 0.2) is 11.2 Å². The van der Waals surface area contributed by atoms with E-state index in [4.69, 9.17) is 18.6 Å². The minimum atomic E-state index is -2.85. The van der Waals surface area contributed by atoms with Crippen molar-refractivity contribution in [2.45, 2.75) is 50.7 Å². The number of imidazole rings is 1. The first-order valence-electron chi connectivity index (χ1n) is 14.8. The molecule has 0 unspecified atom stereocenters. The molecule has 0 saturated carbocycles. The molecule has 0 radical (unpaired) electrons. The number of hydrogen-bond acceptors (Lipinski definition) is 9. The van der Waals surface area contributed by atoms with Crippen LogP contribution in [0.1, 0.15) is 33.4 Å². The average molecular weight is 630 g/mol. The zero-order valence-electron chi connectivity index (χ0n) is 25.8. The molecule has 0 aliphatic carbocycles. The third kappa shape index (κ3) is 6.69. The molecule has 11 nitrogen and oxygen atoms in total. The standard InChI is InChI=1S/C33H39N5O6Si/c1-6-18-41-30-28-29(35-31(36-30)37-32(40)42-19-7-2)38(22-34-28)27-20-25(39)26(44-27)21-43-45(33(3,4)5,23-14-10-8-11-15-23)24-16-12-9-13-17-24/h6-17,22,25-27,39H,1-2,18-21H2,3-5H3,(H,35,36,37,40)/t25-,26+,27+/m0/s1. The number of ether oxygens (including phenoxy) is 3. The number of nitrogens with one attached hydrogen (secondary N) is 1. The molecule has 1 fully saturated rings. The molecule has 3 heterocycles. The SMILES string of the molecule is C=CCOC(=O)Nc1nc(OCC=C)c2ncn([C@H]3C[C@H](O)[C@@H](CO[Si](c4ccccc4)(c4ccccc4)C(C)(C)C)O3)c2n1. The molecule has 3 atom stereocenters. The second-order valence-electron chi connectivity index (χ2n) is 11.7. The van der Waals surface area contributed by atoms with Crippen LogP contribution < -0.4 is 20.4 Å². The monoisotopic (exact) mass is 629 g/mol. The van der Waals surface area contributed by atoms with Gasteiger partial charge in [-0.1, -0.05) is 107 Å². The van der Waals surface area contributed by atoms with Gasteiger partial charge >= 0.3 is 6.09 Å². The zero-order valence-corrected chi connectivity index (χ0v) is 26.8. The fourth-order valence-corrected chi connectivity index (χ4v) is 10.2. The molecule has 0 bridgehead atoms. The first kappa shape index (κ1) is 32.0. The minimum Gasteiger partial charge on any atom is -0.472 e. The van der Waals surface area contributed by atoms with Gasteiger partial charge in [0.25, 0.3) is 8.32 Å². The van der Waals surface area contributed by atoms with Gasteiger partial charge < -0.3 is 23.7 Å². The van der Waals surface area contributed by atoms with Crippen LogP contribution in [0, 0.1) is 0 Å². The number of rotatable bonds is 12. The van der Waals surface area contributed by atoms with Crippen molar-refractivity contribution in [3.8, 4) is 5.88 Å². The predicted octanol–water partition coefficient (Wildman–Crippen LogP) is 4.35. The second-order valence-corrected chi connectivity index (χ2v) is 16.0. The lowest BCUT2D eigenvalue weighted by molar-refractivity contribution is -0.0398. The Labute approximate surface area is 263 Å². The molecule has 12 heteroatoms. The molecular weight excluding hydrogens is 590 g/mol. The second kappa shape index (κ2) is 13.7. The van der Waals surface area contributed by atoms with Gasteiger partial charge in [0.2, 0.25) is 11.8 Å². The van der Waals surface area contributed by atoms with Crippen molar-refractivity contribution in [1.29, 1.82) is 0 Å². The van der Waals surface area contributed by atoms with Gasteiger partial charge in [-0.15, -0.1) is 0 Å². The van der Waals surface area contributed by atoms with Gasteiger partial charge in [-0.3, -0.25) is 9.88 Å². The quantitative estimate of drug-likeness (QED) is 0.174. The minimum absolute atomic E-state index is 0.0248. The highest BCUT2D eigenvalue weighted by molar-refractivity contribution is 6.99. The van der Waals surface area contributed by atoms with Crippen LogP contribution in [0.15, 0.2) is 92.3 Å². The predicted molar refractivity (Wildman–Crippen MR) is 174 cm³/mol. The Balaban J connectivity index is 1.43. The molecule has 236 valence electrons. The molecule has 1 saturated heterocycles. The first-order chi connectivity index (χ1) is 21.7. The highest BCUT2D eigenvalue weighted by atomic mass is 28.4. The van der Waals surface area contributed by atoms with Gasteiger partial charge in [0.1, 0.15) is 25.5 Å². The summed E-state index contributed by atoms with van der Waals surface area (Å²) in [5.74, 6) is 0.116. The van der Waals surface area contributed by atoms with E-state index in [2.05, 4.69) is 78.5 Å². The summed E-state index contributed by atoms with van der Waals surface area (Å²) in [4.78, 5) is 25.5. The Kier molecular flexibility index (Phi) is 9.78. The van der Waals surface area contributed by atoms with Crippen LogP contribution in [-0.2, 0) is 13.9 Å². The van der Waals surface area contributed by atoms with E-state index in [1.165, 1.54) is 6.08 Å². The Hall–Kier alpha value is -4.36. The summed E-state index contributed by atoms with van der Waals surface area (Å²) < 4.78 is 25.9. The molecule has 4 aromatic rings. The molecule has 0 spiro atoms. The summed E-state index contributed by atoms with van der Waals surface area (Å²) in [6, 6.07) is 20.7. The molecule has 2 aromatic heterocycles. The van der Waals surface area contributed by atoms with Gasteiger partial charge in [0.05, 0.1) is 19.0 Å². The summed E-state index contributed by atoms with van der Waals surface area (Å²) in [6.07, 6.45) is 2.08. The summed E-state index contributed by atoms with van der Waals surface area (Å²) in [5, 5.41) is 15.8. The number of fused-ring (bicyclic) bond motifs is 1. The van der Waals surface area contributed by atoms with E-state index in [1.54, 1.807) is 17.0 Å². The van der Waals surface area contributed by atoms with Crippen molar-refractivity contribution < 1.29 is 28.5 Å². The van der Waals surface area contributed by atoms with Crippen LogP contribution >= 0.6 is 0 Å². The van der Waals surface area contributed by atoms with Gasteiger partial charge in [-0.25, -0.2) is 9.78 Å². The molecule has 1 aliphatic heterocycles. The van der Waals surface area contributed by atoms with E-state index in [0.29, 0.717) is 11.2 Å². The summed E-state index contributed by atoms with van der Waals surface area (Å²) in [5.41, 5.74) is 0.723. The van der Waals surface area contributed by atoms with Crippen molar-refractivity contribution in [2.75, 3.05) is 25.1 Å². The maximum absolute atomic E-state index is 12.2. The van der Waals surface area contributed by atoms with Crippen LogP contribution in [0.5, 0.6) is 5.88 Å². The number of carbonyl (C=O) groups is 1. The number of benzene rings is 2. The van der Waals surface area contributed by atoms with Crippen molar-refractivity contribution in [3.05, 3.63) is 92.3 Å². The summed E-state index contributed by atoms with van der Waals surface area (Å²) in [6.45, 7) is 14.2. The maximum atomic E-state index is 12.2. The molecule has 1 aliphatic rings. The molecule has 45 heavy (non-hydrogen) atoms. The highest BCUT2D eigenvalue weighted by Gasteiger charge is 2.51. The van der Waals surface area contributed by atoms with Crippen molar-refractivity contribution in [3.63, 3.8) is 0 Å². The number of anilines is 1. The Morgan fingerprint density at radius 3 is 2.31 bits per heavy atom. The molecular formula is C33H39N5O6Si. The number of aliphatic hydroxyl groups is 1. The largest absolute Gasteiger partial charge is 0.472 e. The lowest BCUT2D eigenvalue weighted by atomic mass is 10.2. The number of hydrogen-bond donors (Lipinski definition) is 2. The normalized spacial score (nSPS) is 18.4. The summed E-state index contributed by atoms with van der Waals surface area (Å²) in [7, 11) is -2.85. The lowest BCUT2D eigenvalue weighted by Gasteiger charge is -2.43. The van der Waals surface area contributed by atoms with Crippen LogP contribution in [0.25, 0.3) is 11.2 Å². The number of amides is 1. The topological polar surface area (TPSA) is 130 Å². The number of nitrogens with zero attached hydrogens (tertiary/aromatic N) is 4. The Morgan fingerprint density at radius 1 is 1.07 bits per heavy atom. The Morgan fingerprint density at radius 2 is 1.71 bits per heavy atom. The average Bonchev–Trinajstić information content (AvgIpc) is 3.62. The van der Waals surface area contributed by atoms with Crippen molar-refractivity contribution >= 4 is 41.9 Å². The smallest absolute Gasteiger partial charge is 0.414 e. The third-order valence-electron chi connectivity index (χ3n) is 7.67. The van der Waals surface area contributed by atoms with E-state index in [0.717, 1.165) is 10.4 Å². The number of aromatic nitrogens is 4. The highest BCUT2D eigenvalue weighted by Crippen LogP contribution is 2.38. The van der Waals surface area contributed by atoms with E-state index in [-0.39, 0.29) is 43.1 Å². The van der Waals surface area contributed by atoms with Crippen molar-refractivity contribution in [2.24, 2.45) is 0 Å². The molecule has 5 rings (SSSR count). The van der Waals surface area contributed by atoms with E-state index in [9.17, 15) is 9.90 Å². The van der Waals surface area contributed by atoms with Crippen molar-refractivity contribution in [1.82, 2.24) is 19.5 Å². The van der Waals surface area contributed by atoms with Crippen LogP contribution in [0.3, 0.4) is 0 Å². The van der Waals surface area contributed by atoms with Gasteiger partial charge in [0, 0.05) is 6.42 Å². The fraction of sp³-hybridized carbons (Fsp3) is 0.333. The van der Waals surface area contributed by atoms with Crippen LogP contribution in [0.2, 0.25) is 5.04 Å². The Bertz CT molecular complexity index is 1590. The molecule has 1 amide bonds. The van der Waals surface area contributed by atoms with E-state index < -0.39 is 32.8 Å². The lowest BCUT2D eigenvalue weighted by Crippen LogP contribution is -2.67. The number of carbonyl (C=O) groups excluding carboxylic acids is 1. The maximum Gasteiger partial charge on any atom is 0.414 e. The third-order valence-corrected chi connectivity index (χ3v) is 12.7. The van der Waals surface area contributed by atoms with E-state index in [1.807, 2.05) is 36.4 Å². The first-order valence-corrected chi connectivity index (χ1v) is 16.7. The number of aliphatic hydroxyl groups excluding tert-OH is 1. The molecule has 2 N–H and O–H groups in total.